The van der Waals surface area contributed by atoms with Crippen molar-refractivity contribution in [2.45, 2.75) is 51.0 Å². The predicted molar refractivity (Wildman–Crippen MR) is 198 cm³/mol. The number of halogens is 3. The summed E-state index contributed by atoms with van der Waals surface area (Å²) in [4.78, 5) is 32.8. The predicted octanol–water partition coefficient (Wildman–Crippen LogP) is 6.62. The molecule has 1 unspecified atom stereocenters. The number of aromatic nitrogens is 4. The second-order valence-electron chi connectivity index (χ2n) is 13.4. The lowest BCUT2D eigenvalue weighted by Gasteiger charge is -2.33. The maximum Gasteiger partial charge on any atom is 0.315 e. The van der Waals surface area contributed by atoms with Crippen molar-refractivity contribution in [2.24, 2.45) is 7.05 Å². The van der Waals surface area contributed by atoms with Crippen molar-refractivity contribution in [1.82, 2.24) is 35.7 Å². The van der Waals surface area contributed by atoms with E-state index in [1.807, 2.05) is 37.3 Å². The van der Waals surface area contributed by atoms with E-state index in [0.29, 0.717) is 16.6 Å². The van der Waals surface area contributed by atoms with Crippen LogP contribution in [0.5, 0.6) is 5.88 Å². The number of benzene rings is 2. The number of methoxy groups -OCH3 is 1. The molecule has 8 rings (SSSR count). The number of nitrogens with zero attached hydrogens (tertiary/aromatic N) is 4. The SMILES string of the molecule is COc1nc(-c2cccc(-c3cccc(Nc4nc(C(F)F)cc5cnn(C)c(=O)c45)c3C)c2Cl)cc2c1CCC2.O=C1NCCC2(CCNC2)N1. The van der Waals surface area contributed by atoms with E-state index in [1.165, 1.54) is 24.9 Å². The highest BCUT2D eigenvalue weighted by Gasteiger charge is 2.37. The first kappa shape index (κ1) is 35.3. The number of hydrogen-bond acceptors (Lipinski definition) is 8. The average molecular weight is 729 g/mol. The number of aryl methyl sites for hydroxylation is 2. The van der Waals surface area contributed by atoms with Gasteiger partial charge in [0.05, 0.1) is 34.9 Å². The number of alkyl halides is 2. The van der Waals surface area contributed by atoms with E-state index in [1.54, 1.807) is 13.2 Å². The summed E-state index contributed by atoms with van der Waals surface area (Å²) in [6, 6.07) is 14.6. The van der Waals surface area contributed by atoms with Crippen LogP contribution in [0.1, 0.15) is 48.1 Å². The zero-order chi connectivity index (χ0) is 36.6. The molecule has 2 amide bonds. The van der Waals surface area contributed by atoms with E-state index in [2.05, 4.69) is 37.4 Å². The summed E-state index contributed by atoms with van der Waals surface area (Å²) in [5.74, 6) is 0.668. The Morgan fingerprint density at radius 1 is 1.02 bits per heavy atom. The molecule has 2 aliphatic heterocycles. The minimum absolute atomic E-state index is 0.0139. The third-order valence-corrected chi connectivity index (χ3v) is 10.5. The van der Waals surface area contributed by atoms with Gasteiger partial charge in [-0.15, -0.1) is 0 Å². The smallest absolute Gasteiger partial charge is 0.315 e. The summed E-state index contributed by atoms with van der Waals surface area (Å²) >= 11 is 7.03. The van der Waals surface area contributed by atoms with Gasteiger partial charge in [-0.25, -0.2) is 28.2 Å². The number of nitrogens with one attached hydrogen (secondary N) is 4. The van der Waals surface area contributed by atoms with Gasteiger partial charge in [0.15, 0.2) is 0 Å². The van der Waals surface area contributed by atoms with Gasteiger partial charge < -0.3 is 26.0 Å². The van der Waals surface area contributed by atoms with Gasteiger partial charge in [-0.3, -0.25) is 4.79 Å². The first-order valence-corrected chi connectivity index (χ1v) is 17.6. The third kappa shape index (κ3) is 6.78. The largest absolute Gasteiger partial charge is 0.481 e. The number of urea groups is 1. The van der Waals surface area contributed by atoms with E-state index >= 15 is 0 Å². The Hall–Kier alpha value is -5.14. The molecule has 11 nitrogen and oxygen atoms in total. The maximum atomic E-state index is 13.7. The van der Waals surface area contributed by atoms with Gasteiger partial charge in [0.1, 0.15) is 11.5 Å². The van der Waals surface area contributed by atoms with Gasteiger partial charge in [-0.2, -0.15) is 5.10 Å². The first-order valence-electron chi connectivity index (χ1n) is 17.2. The number of anilines is 2. The molecule has 2 saturated heterocycles. The average Bonchev–Trinajstić information content (AvgIpc) is 3.80. The molecule has 3 aromatic heterocycles. The molecule has 14 heteroatoms. The zero-order valence-electron chi connectivity index (χ0n) is 29.1. The zero-order valence-corrected chi connectivity index (χ0v) is 29.8. The molecule has 1 atom stereocenters. The summed E-state index contributed by atoms with van der Waals surface area (Å²) in [6.07, 6.45) is 3.67. The van der Waals surface area contributed by atoms with E-state index in [9.17, 15) is 18.4 Å². The van der Waals surface area contributed by atoms with Gasteiger partial charge >= 0.3 is 6.03 Å². The Morgan fingerprint density at radius 3 is 2.54 bits per heavy atom. The maximum absolute atomic E-state index is 13.7. The lowest BCUT2D eigenvalue weighted by molar-refractivity contribution is 0.146. The van der Waals surface area contributed by atoms with Gasteiger partial charge in [-0.1, -0.05) is 41.9 Å². The monoisotopic (exact) mass is 728 g/mol. The van der Waals surface area contributed by atoms with Crippen molar-refractivity contribution in [3.63, 3.8) is 0 Å². The third-order valence-electron chi connectivity index (χ3n) is 10.1. The highest BCUT2D eigenvalue weighted by Crippen LogP contribution is 2.41. The standard InChI is InChI=1S/C31H26ClF2N5O2.C7H13N3O/c1-16-19(21-10-5-11-22(27(21)32)24-13-17-7-4-9-20(17)30(38-24)41-3)8-6-12-23(16)36-29-26-18(14-25(37-29)28(33)34)15-35-39(2)31(26)40;11-6-9-4-2-7(10-6)1-3-8-5-7/h5-6,8,10-15,28H,4,7,9H2,1-3H3,(H,36,37);8H,1-5H2,(H2,9,10,11). The van der Waals surface area contributed by atoms with Crippen LogP contribution < -0.4 is 31.6 Å². The highest BCUT2D eigenvalue weighted by molar-refractivity contribution is 6.36. The fraction of sp³-hybridized carbons (Fsp3) is 0.342. The second-order valence-corrected chi connectivity index (χ2v) is 13.7. The number of carbonyl (C=O) groups excluding carboxylic acids is 1. The van der Waals surface area contributed by atoms with Crippen LogP contribution >= 0.6 is 11.6 Å². The van der Waals surface area contributed by atoms with Crippen LogP contribution in [-0.4, -0.2) is 58.1 Å². The number of rotatable bonds is 6. The molecule has 270 valence electrons. The van der Waals surface area contributed by atoms with Crippen LogP contribution in [0.2, 0.25) is 5.02 Å². The quantitative estimate of drug-likeness (QED) is 0.153. The van der Waals surface area contributed by atoms with E-state index in [0.717, 1.165) is 89.9 Å². The molecule has 0 saturated carbocycles. The Bertz CT molecular complexity index is 2240. The summed E-state index contributed by atoms with van der Waals surface area (Å²) in [7, 11) is 3.13. The molecule has 4 N–H and O–H groups in total. The van der Waals surface area contributed by atoms with Crippen molar-refractivity contribution in [2.75, 3.05) is 32.1 Å². The first-order chi connectivity index (χ1) is 25.1. The molecule has 0 radical (unpaired) electrons. The van der Waals surface area contributed by atoms with Crippen LogP contribution in [0.3, 0.4) is 0 Å². The number of carbonyl (C=O) groups is 1. The van der Waals surface area contributed by atoms with Crippen LogP contribution in [0.25, 0.3) is 33.2 Å². The van der Waals surface area contributed by atoms with Gasteiger partial charge in [-0.05, 0) is 80.5 Å². The minimum Gasteiger partial charge on any atom is -0.481 e. The molecule has 5 aromatic rings. The molecule has 5 heterocycles. The van der Waals surface area contributed by atoms with Crippen molar-refractivity contribution >= 4 is 39.9 Å². The van der Waals surface area contributed by atoms with Crippen LogP contribution in [0.15, 0.2) is 59.5 Å². The molecule has 1 spiro atoms. The number of pyridine rings is 2. The summed E-state index contributed by atoms with van der Waals surface area (Å²) in [6.45, 7) is 4.67. The Labute approximate surface area is 304 Å². The minimum atomic E-state index is -2.82. The summed E-state index contributed by atoms with van der Waals surface area (Å²) in [5.41, 5.74) is 6.09. The molecule has 2 fully saturated rings. The van der Waals surface area contributed by atoms with Gasteiger partial charge in [0.25, 0.3) is 12.0 Å². The molecule has 0 bridgehead atoms. The van der Waals surface area contributed by atoms with Crippen LogP contribution in [0.4, 0.5) is 25.1 Å². The fourth-order valence-corrected chi connectivity index (χ4v) is 7.61. The number of fused-ring (bicyclic) bond motifs is 2. The van der Waals surface area contributed by atoms with Crippen LogP contribution in [0, 0.1) is 6.92 Å². The molecular weight excluding hydrogens is 690 g/mol. The molecule has 52 heavy (non-hydrogen) atoms. The highest BCUT2D eigenvalue weighted by atomic mass is 35.5. The number of amides is 2. The van der Waals surface area contributed by atoms with E-state index in [-0.39, 0.29) is 28.2 Å². The Kier molecular flexibility index (Phi) is 9.82. The fourth-order valence-electron chi connectivity index (χ4n) is 7.28. The molecular formula is C38H39ClF2N8O3. The molecule has 1 aliphatic carbocycles. The second kappa shape index (κ2) is 14.5. The Balaban J connectivity index is 0.000000324. The number of ether oxygens (including phenoxy) is 1. The summed E-state index contributed by atoms with van der Waals surface area (Å²) < 4.78 is 34.1. The molecule has 3 aliphatic rings. The molecule has 2 aromatic carbocycles. The van der Waals surface area contributed by atoms with Crippen LogP contribution in [-0.2, 0) is 19.9 Å². The van der Waals surface area contributed by atoms with Crippen molar-refractivity contribution in [1.29, 1.82) is 0 Å². The van der Waals surface area contributed by atoms with Gasteiger partial charge in [0, 0.05) is 47.9 Å². The Morgan fingerprint density at radius 2 is 1.79 bits per heavy atom. The van der Waals surface area contributed by atoms with Crippen molar-refractivity contribution in [3.8, 4) is 28.3 Å². The van der Waals surface area contributed by atoms with E-state index in [4.69, 9.17) is 21.3 Å². The number of hydrogen-bond donors (Lipinski definition) is 4. The summed E-state index contributed by atoms with van der Waals surface area (Å²) in [5, 5.41) is 17.1. The normalized spacial score (nSPS) is 17.8. The lowest BCUT2D eigenvalue weighted by Crippen LogP contribution is -2.59. The topological polar surface area (TPSA) is 135 Å². The van der Waals surface area contributed by atoms with Crippen molar-refractivity contribution < 1.29 is 18.3 Å². The van der Waals surface area contributed by atoms with Crippen molar-refractivity contribution in [3.05, 3.63) is 92.5 Å². The van der Waals surface area contributed by atoms with E-state index < -0.39 is 17.7 Å². The lowest BCUT2D eigenvalue weighted by atomic mass is 9.93. The van der Waals surface area contributed by atoms with Gasteiger partial charge in [0.2, 0.25) is 5.88 Å².